The molecule has 0 amide bonds. The van der Waals surface area contributed by atoms with Gasteiger partial charge in [-0.1, -0.05) is 45.2 Å². The van der Waals surface area contributed by atoms with Crippen LogP contribution in [0.5, 0.6) is 0 Å². The second kappa shape index (κ2) is 6.27. The lowest BCUT2D eigenvalue weighted by Gasteiger charge is -2.13. The molecule has 0 bridgehead atoms. The van der Waals surface area contributed by atoms with E-state index in [1.54, 1.807) is 12.1 Å². The SMILES string of the molecule is FC(F)(F)COCC(Br)c1ccc(Cl)cc1Cl. The van der Waals surface area contributed by atoms with E-state index in [4.69, 9.17) is 23.2 Å². The van der Waals surface area contributed by atoms with Crippen LogP contribution in [0.2, 0.25) is 10.0 Å². The molecule has 1 nitrogen and oxygen atoms in total. The van der Waals surface area contributed by atoms with Gasteiger partial charge < -0.3 is 4.74 Å². The van der Waals surface area contributed by atoms with Gasteiger partial charge in [-0.2, -0.15) is 13.2 Å². The van der Waals surface area contributed by atoms with E-state index in [0.717, 1.165) is 0 Å². The van der Waals surface area contributed by atoms with Gasteiger partial charge in [0.15, 0.2) is 0 Å². The van der Waals surface area contributed by atoms with Crippen molar-refractivity contribution < 1.29 is 17.9 Å². The van der Waals surface area contributed by atoms with Gasteiger partial charge in [-0.25, -0.2) is 0 Å². The van der Waals surface area contributed by atoms with Crippen molar-refractivity contribution in [2.24, 2.45) is 0 Å². The Bertz CT molecular complexity index is 384. The molecule has 0 saturated carbocycles. The monoisotopic (exact) mass is 350 g/mol. The number of rotatable bonds is 4. The molecule has 1 unspecified atom stereocenters. The molecule has 0 aliphatic rings. The van der Waals surface area contributed by atoms with E-state index in [1.807, 2.05) is 0 Å². The number of alkyl halides is 4. The Morgan fingerprint density at radius 1 is 1.29 bits per heavy atom. The Labute approximate surface area is 115 Å². The van der Waals surface area contributed by atoms with Gasteiger partial charge in [-0.05, 0) is 17.7 Å². The molecular formula is C10H8BrCl2F3O. The zero-order valence-electron chi connectivity index (χ0n) is 8.40. The number of halogens is 6. The van der Waals surface area contributed by atoms with E-state index in [1.165, 1.54) is 6.07 Å². The van der Waals surface area contributed by atoms with Gasteiger partial charge in [0.25, 0.3) is 0 Å². The Balaban J connectivity index is 2.55. The van der Waals surface area contributed by atoms with E-state index in [9.17, 15) is 13.2 Å². The molecular weight excluding hydrogens is 344 g/mol. The van der Waals surface area contributed by atoms with Gasteiger partial charge in [-0.15, -0.1) is 0 Å². The van der Waals surface area contributed by atoms with Gasteiger partial charge in [0, 0.05) is 10.0 Å². The predicted octanol–water partition coefficient (Wildman–Crippen LogP) is 5.01. The van der Waals surface area contributed by atoms with Gasteiger partial charge >= 0.3 is 6.18 Å². The van der Waals surface area contributed by atoms with Crippen molar-refractivity contribution in [2.75, 3.05) is 13.2 Å². The fraction of sp³-hybridized carbons (Fsp3) is 0.400. The maximum atomic E-state index is 11.9. The molecule has 0 aliphatic heterocycles. The second-order valence-electron chi connectivity index (χ2n) is 3.26. The molecule has 1 aromatic carbocycles. The van der Waals surface area contributed by atoms with Gasteiger partial charge in [0.05, 0.1) is 11.4 Å². The van der Waals surface area contributed by atoms with E-state index in [-0.39, 0.29) is 6.61 Å². The molecule has 0 saturated heterocycles. The fourth-order valence-corrected chi connectivity index (χ4v) is 2.38. The first-order valence-corrected chi connectivity index (χ1v) is 6.20. The van der Waals surface area contributed by atoms with Crippen molar-refractivity contribution in [3.8, 4) is 0 Å². The van der Waals surface area contributed by atoms with Gasteiger partial charge in [-0.3, -0.25) is 0 Å². The molecule has 7 heteroatoms. The smallest absolute Gasteiger partial charge is 0.371 e. The summed E-state index contributed by atoms with van der Waals surface area (Å²) in [4.78, 5) is -0.408. The van der Waals surface area contributed by atoms with Crippen LogP contribution in [-0.2, 0) is 4.74 Å². The number of hydrogen-bond donors (Lipinski definition) is 0. The molecule has 0 spiro atoms. The fourth-order valence-electron chi connectivity index (χ4n) is 1.12. The molecule has 96 valence electrons. The molecule has 0 aromatic heterocycles. The van der Waals surface area contributed by atoms with Crippen LogP contribution in [0.3, 0.4) is 0 Å². The van der Waals surface area contributed by atoms with E-state index in [0.29, 0.717) is 15.6 Å². The van der Waals surface area contributed by atoms with E-state index >= 15 is 0 Å². The summed E-state index contributed by atoms with van der Waals surface area (Å²) in [7, 11) is 0. The van der Waals surface area contributed by atoms with Gasteiger partial charge in [0.2, 0.25) is 0 Å². The summed E-state index contributed by atoms with van der Waals surface area (Å²) < 4.78 is 40.1. The highest BCUT2D eigenvalue weighted by Gasteiger charge is 2.28. The minimum atomic E-state index is -4.32. The third kappa shape index (κ3) is 5.46. The van der Waals surface area contributed by atoms with Crippen LogP contribution in [0.1, 0.15) is 10.4 Å². The summed E-state index contributed by atoms with van der Waals surface area (Å²) in [6.45, 7) is -1.40. The summed E-state index contributed by atoms with van der Waals surface area (Å²) in [5.41, 5.74) is 0.637. The summed E-state index contributed by atoms with van der Waals surface area (Å²) >= 11 is 14.8. The summed E-state index contributed by atoms with van der Waals surface area (Å²) in [5.74, 6) is 0. The van der Waals surface area contributed by atoms with Crippen LogP contribution in [0.25, 0.3) is 0 Å². The third-order valence-corrected chi connectivity index (χ3v) is 3.15. The zero-order valence-corrected chi connectivity index (χ0v) is 11.5. The minimum absolute atomic E-state index is 0.124. The lowest BCUT2D eigenvalue weighted by atomic mass is 10.1. The van der Waals surface area contributed by atoms with E-state index in [2.05, 4.69) is 20.7 Å². The molecule has 0 N–H and O–H groups in total. The first-order valence-electron chi connectivity index (χ1n) is 4.53. The van der Waals surface area contributed by atoms with Crippen LogP contribution in [0, 0.1) is 0 Å². The zero-order chi connectivity index (χ0) is 13.1. The normalized spacial score (nSPS) is 13.8. The molecule has 1 rings (SSSR count). The highest BCUT2D eigenvalue weighted by molar-refractivity contribution is 9.09. The largest absolute Gasteiger partial charge is 0.411 e. The molecule has 0 heterocycles. The van der Waals surface area contributed by atoms with Crippen LogP contribution in [0.4, 0.5) is 13.2 Å². The minimum Gasteiger partial charge on any atom is -0.371 e. The molecule has 1 aromatic rings. The quantitative estimate of drug-likeness (QED) is 0.693. The summed E-state index contributed by atoms with van der Waals surface area (Å²) in [5, 5.41) is 0.852. The van der Waals surface area contributed by atoms with Crippen LogP contribution in [-0.4, -0.2) is 19.4 Å². The Morgan fingerprint density at radius 3 is 2.47 bits per heavy atom. The number of ether oxygens (including phenoxy) is 1. The highest BCUT2D eigenvalue weighted by Crippen LogP contribution is 2.31. The van der Waals surface area contributed by atoms with Crippen molar-refractivity contribution in [3.05, 3.63) is 33.8 Å². The average molecular weight is 352 g/mol. The number of hydrogen-bond acceptors (Lipinski definition) is 1. The van der Waals surface area contributed by atoms with Crippen molar-refractivity contribution in [2.45, 2.75) is 11.0 Å². The maximum Gasteiger partial charge on any atom is 0.411 e. The maximum absolute atomic E-state index is 11.9. The molecule has 0 aliphatic carbocycles. The van der Waals surface area contributed by atoms with Crippen LogP contribution >= 0.6 is 39.1 Å². The van der Waals surface area contributed by atoms with Crippen molar-refractivity contribution in [3.63, 3.8) is 0 Å². The molecule has 0 fully saturated rings. The molecule has 17 heavy (non-hydrogen) atoms. The van der Waals surface area contributed by atoms with Crippen molar-refractivity contribution >= 4 is 39.1 Å². The van der Waals surface area contributed by atoms with Crippen LogP contribution < -0.4 is 0 Å². The Morgan fingerprint density at radius 2 is 1.94 bits per heavy atom. The topological polar surface area (TPSA) is 9.23 Å². The lowest BCUT2D eigenvalue weighted by molar-refractivity contribution is -0.173. The number of benzene rings is 1. The van der Waals surface area contributed by atoms with Crippen molar-refractivity contribution in [1.29, 1.82) is 0 Å². The van der Waals surface area contributed by atoms with E-state index < -0.39 is 17.6 Å². The Kier molecular flexibility index (Phi) is 5.57. The predicted molar refractivity (Wildman–Crippen MR) is 65.0 cm³/mol. The second-order valence-corrected chi connectivity index (χ2v) is 5.21. The Hall–Kier alpha value is 0.0300. The first-order chi connectivity index (χ1) is 7.79. The standard InChI is InChI=1S/C10H8BrCl2F3O/c11-8(4-17-5-10(14,15)16)7-2-1-6(12)3-9(7)13/h1-3,8H,4-5H2. The third-order valence-electron chi connectivity index (χ3n) is 1.83. The van der Waals surface area contributed by atoms with Crippen LogP contribution in [0.15, 0.2) is 18.2 Å². The first kappa shape index (κ1) is 15.1. The summed E-state index contributed by atoms with van der Waals surface area (Å²) in [6.07, 6.45) is -4.32. The highest BCUT2D eigenvalue weighted by atomic mass is 79.9. The summed E-state index contributed by atoms with van der Waals surface area (Å²) in [6, 6.07) is 4.78. The molecule has 0 radical (unpaired) electrons. The van der Waals surface area contributed by atoms with Crippen molar-refractivity contribution in [1.82, 2.24) is 0 Å². The average Bonchev–Trinajstić information content (AvgIpc) is 2.15. The van der Waals surface area contributed by atoms with Gasteiger partial charge in [0.1, 0.15) is 6.61 Å². The lowest BCUT2D eigenvalue weighted by Crippen LogP contribution is -2.18. The molecule has 1 atom stereocenters.